The summed E-state index contributed by atoms with van der Waals surface area (Å²) in [6.07, 6.45) is 0. The van der Waals surface area contributed by atoms with Crippen molar-refractivity contribution in [3.63, 3.8) is 0 Å². The standard InChI is InChI=1S/C13H22N2OS/c1-8(14-10-6-16-7-10)11-9(2)15-12(17-11)13(3,4)5/h8,10,14H,6-7H2,1-5H3. The first-order valence-corrected chi connectivity index (χ1v) is 7.01. The largest absolute Gasteiger partial charge is 0.378 e. The zero-order valence-corrected chi connectivity index (χ0v) is 12.1. The topological polar surface area (TPSA) is 34.2 Å². The van der Waals surface area contributed by atoms with E-state index in [1.54, 1.807) is 0 Å². The van der Waals surface area contributed by atoms with Crippen molar-refractivity contribution in [2.75, 3.05) is 13.2 Å². The van der Waals surface area contributed by atoms with Gasteiger partial charge in [-0.25, -0.2) is 4.98 Å². The number of nitrogens with zero attached hydrogens (tertiary/aromatic N) is 1. The lowest BCUT2D eigenvalue weighted by Crippen LogP contribution is -2.46. The molecule has 1 saturated heterocycles. The van der Waals surface area contributed by atoms with Crippen LogP contribution in [0.1, 0.15) is 49.3 Å². The first-order chi connectivity index (χ1) is 7.88. The SMILES string of the molecule is Cc1nc(C(C)(C)C)sc1C(C)NC1COC1. The fraction of sp³-hybridized carbons (Fsp3) is 0.769. The molecule has 1 aliphatic heterocycles. The second-order valence-electron chi connectivity index (χ2n) is 5.84. The molecule has 1 aromatic rings. The normalized spacial score (nSPS) is 19.1. The Balaban J connectivity index is 2.11. The van der Waals surface area contributed by atoms with Crippen molar-refractivity contribution in [3.05, 3.63) is 15.6 Å². The van der Waals surface area contributed by atoms with Crippen molar-refractivity contribution < 1.29 is 4.74 Å². The number of hydrogen-bond donors (Lipinski definition) is 1. The zero-order valence-electron chi connectivity index (χ0n) is 11.3. The molecule has 1 aromatic heterocycles. The minimum Gasteiger partial charge on any atom is -0.378 e. The minimum atomic E-state index is 0.146. The van der Waals surface area contributed by atoms with Gasteiger partial charge in [-0.1, -0.05) is 20.8 Å². The molecule has 0 saturated carbocycles. The third-order valence-electron chi connectivity index (χ3n) is 2.99. The average molecular weight is 254 g/mol. The molecule has 4 heteroatoms. The molecule has 96 valence electrons. The number of rotatable bonds is 3. The summed E-state index contributed by atoms with van der Waals surface area (Å²) in [5.41, 5.74) is 1.31. The van der Waals surface area contributed by atoms with Gasteiger partial charge in [0.1, 0.15) is 0 Å². The summed E-state index contributed by atoms with van der Waals surface area (Å²) in [5, 5.41) is 4.81. The molecular formula is C13H22N2OS. The van der Waals surface area contributed by atoms with Gasteiger partial charge in [-0.15, -0.1) is 11.3 Å². The first-order valence-electron chi connectivity index (χ1n) is 6.19. The Labute approximate surface area is 108 Å². The Kier molecular flexibility index (Phi) is 3.57. The van der Waals surface area contributed by atoms with Crippen LogP contribution in [-0.2, 0) is 10.2 Å². The Morgan fingerprint density at radius 1 is 1.41 bits per heavy atom. The van der Waals surface area contributed by atoms with Crippen LogP contribution in [0.4, 0.5) is 0 Å². The Morgan fingerprint density at radius 3 is 2.47 bits per heavy atom. The molecule has 1 unspecified atom stereocenters. The van der Waals surface area contributed by atoms with E-state index in [9.17, 15) is 0 Å². The lowest BCUT2D eigenvalue weighted by atomic mass is 9.98. The van der Waals surface area contributed by atoms with Gasteiger partial charge in [0.05, 0.1) is 30.0 Å². The number of thiazole rings is 1. The Morgan fingerprint density at radius 2 is 2.06 bits per heavy atom. The number of nitrogens with one attached hydrogen (secondary N) is 1. The zero-order chi connectivity index (χ0) is 12.6. The van der Waals surface area contributed by atoms with Gasteiger partial charge in [-0.3, -0.25) is 0 Å². The van der Waals surface area contributed by atoms with Gasteiger partial charge in [-0.05, 0) is 13.8 Å². The second-order valence-corrected chi connectivity index (χ2v) is 6.87. The summed E-state index contributed by atoms with van der Waals surface area (Å²) in [5.74, 6) is 0. The van der Waals surface area contributed by atoms with E-state index in [0.717, 1.165) is 13.2 Å². The molecule has 0 aromatic carbocycles. The Hall–Kier alpha value is -0.450. The summed E-state index contributed by atoms with van der Waals surface area (Å²) in [4.78, 5) is 6.06. The maximum Gasteiger partial charge on any atom is 0.0985 e. The van der Waals surface area contributed by atoms with Gasteiger partial charge in [0.2, 0.25) is 0 Å². The quantitative estimate of drug-likeness (QED) is 0.900. The molecule has 0 spiro atoms. The van der Waals surface area contributed by atoms with E-state index in [-0.39, 0.29) is 5.41 Å². The summed E-state index contributed by atoms with van der Waals surface area (Å²) < 4.78 is 5.19. The molecule has 2 rings (SSSR count). The van der Waals surface area contributed by atoms with Gasteiger partial charge in [0.25, 0.3) is 0 Å². The van der Waals surface area contributed by atoms with Crippen molar-refractivity contribution in [1.82, 2.24) is 10.3 Å². The van der Waals surface area contributed by atoms with E-state index in [2.05, 4.69) is 39.9 Å². The van der Waals surface area contributed by atoms with Crippen LogP contribution < -0.4 is 5.32 Å². The monoisotopic (exact) mass is 254 g/mol. The summed E-state index contributed by atoms with van der Waals surface area (Å²) in [7, 11) is 0. The molecule has 0 aliphatic carbocycles. The molecule has 0 radical (unpaired) electrons. The summed E-state index contributed by atoms with van der Waals surface area (Å²) in [6, 6.07) is 0.891. The number of aromatic nitrogens is 1. The van der Waals surface area contributed by atoms with E-state index in [1.807, 2.05) is 11.3 Å². The van der Waals surface area contributed by atoms with E-state index in [1.165, 1.54) is 15.6 Å². The molecule has 0 bridgehead atoms. The molecule has 17 heavy (non-hydrogen) atoms. The van der Waals surface area contributed by atoms with Crippen molar-refractivity contribution in [2.24, 2.45) is 0 Å². The fourth-order valence-electron chi connectivity index (χ4n) is 1.89. The van der Waals surface area contributed by atoms with Crippen LogP contribution in [0.3, 0.4) is 0 Å². The average Bonchev–Trinajstić information content (AvgIpc) is 2.53. The molecule has 1 N–H and O–H groups in total. The van der Waals surface area contributed by atoms with Crippen LogP contribution in [0.5, 0.6) is 0 Å². The van der Waals surface area contributed by atoms with E-state index < -0.39 is 0 Å². The summed E-state index contributed by atoms with van der Waals surface area (Å²) >= 11 is 1.84. The molecule has 1 fully saturated rings. The Bertz CT molecular complexity index is 391. The highest BCUT2D eigenvalue weighted by Crippen LogP contribution is 2.32. The van der Waals surface area contributed by atoms with Gasteiger partial charge < -0.3 is 10.1 Å². The van der Waals surface area contributed by atoms with Gasteiger partial charge >= 0.3 is 0 Å². The smallest absolute Gasteiger partial charge is 0.0985 e. The van der Waals surface area contributed by atoms with Gasteiger partial charge in [0, 0.05) is 16.3 Å². The predicted molar refractivity (Wildman–Crippen MR) is 71.7 cm³/mol. The maximum absolute atomic E-state index is 5.19. The van der Waals surface area contributed by atoms with Crippen molar-refractivity contribution in [3.8, 4) is 0 Å². The fourth-order valence-corrected chi connectivity index (χ4v) is 3.03. The molecule has 3 nitrogen and oxygen atoms in total. The molecule has 1 atom stereocenters. The molecular weight excluding hydrogens is 232 g/mol. The van der Waals surface area contributed by atoms with E-state index >= 15 is 0 Å². The van der Waals surface area contributed by atoms with Crippen LogP contribution in [0.25, 0.3) is 0 Å². The molecule has 0 amide bonds. The first kappa shape index (κ1) is 13.0. The number of hydrogen-bond acceptors (Lipinski definition) is 4. The third kappa shape index (κ3) is 2.87. The van der Waals surface area contributed by atoms with Gasteiger partial charge in [0.15, 0.2) is 0 Å². The maximum atomic E-state index is 5.19. The third-order valence-corrected chi connectivity index (χ3v) is 4.76. The second kappa shape index (κ2) is 4.67. The van der Waals surface area contributed by atoms with Crippen LogP contribution in [-0.4, -0.2) is 24.2 Å². The summed E-state index contributed by atoms with van der Waals surface area (Å²) in [6.45, 7) is 12.6. The molecule has 2 heterocycles. The lowest BCUT2D eigenvalue weighted by molar-refractivity contribution is -0.00913. The highest BCUT2D eigenvalue weighted by Gasteiger charge is 2.25. The highest BCUT2D eigenvalue weighted by atomic mass is 32.1. The van der Waals surface area contributed by atoms with Crippen molar-refractivity contribution >= 4 is 11.3 Å². The van der Waals surface area contributed by atoms with Crippen LogP contribution in [0.2, 0.25) is 0 Å². The minimum absolute atomic E-state index is 0.146. The van der Waals surface area contributed by atoms with E-state index in [4.69, 9.17) is 9.72 Å². The lowest BCUT2D eigenvalue weighted by Gasteiger charge is -2.29. The van der Waals surface area contributed by atoms with Crippen LogP contribution in [0.15, 0.2) is 0 Å². The number of aryl methyl sites for hydroxylation is 1. The van der Waals surface area contributed by atoms with Crippen molar-refractivity contribution in [1.29, 1.82) is 0 Å². The van der Waals surface area contributed by atoms with Gasteiger partial charge in [-0.2, -0.15) is 0 Å². The highest BCUT2D eigenvalue weighted by molar-refractivity contribution is 7.12. The number of ether oxygens (including phenoxy) is 1. The van der Waals surface area contributed by atoms with E-state index in [0.29, 0.717) is 12.1 Å². The van der Waals surface area contributed by atoms with Crippen LogP contribution >= 0.6 is 11.3 Å². The van der Waals surface area contributed by atoms with Crippen molar-refractivity contribution in [2.45, 2.75) is 52.1 Å². The molecule has 1 aliphatic rings. The predicted octanol–water partition coefficient (Wildman–Crippen LogP) is 2.80. The van der Waals surface area contributed by atoms with Crippen LogP contribution in [0, 0.1) is 6.92 Å².